The van der Waals surface area contributed by atoms with Crippen molar-refractivity contribution in [1.29, 1.82) is 0 Å². The summed E-state index contributed by atoms with van der Waals surface area (Å²) in [6.45, 7) is 0. The highest BCUT2D eigenvalue weighted by Gasteiger charge is 2.27. The molecule has 0 aliphatic heterocycles. The van der Waals surface area contributed by atoms with Crippen molar-refractivity contribution in [3.63, 3.8) is 0 Å². The highest BCUT2D eigenvalue weighted by atomic mass is 19.1. The first-order valence-electron chi connectivity index (χ1n) is 7.34. The van der Waals surface area contributed by atoms with E-state index in [4.69, 9.17) is 4.98 Å². The summed E-state index contributed by atoms with van der Waals surface area (Å²) in [6.07, 6.45) is 7.67. The zero-order valence-corrected chi connectivity index (χ0v) is 11.9. The van der Waals surface area contributed by atoms with Crippen LogP contribution in [-0.2, 0) is 0 Å². The molecule has 1 fully saturated rings. The molecule has 1 aromatic carbocycles. The van der Waals surface area contributed by atoms with Gasteiger partial charge in [-0.1, -0.05) is 12.1 Å². The monoisotopic (exact) mass is 291 g/mol. The Morgan fingerprint density at radius 3 is 2.32 bits per heavy atom. The van der Waals surface area contributed by atoms with Gasteiger partial charge in [0.15, 0.2) is 0 Å². The van der Waals surface area contributed by atoms with Crippen molar-refractivity contribution in [3.8, 4) is 22.4 Å². The lowest BCUT2D eigenvalue weighted by Crippen LogP contribution is -1.98. The third kappa shape index (κ3) is 2.48. The molecule has 0 unspecified atom stereocenters. The Hall–Kier alpha value is -2.62. The van der Waals surface area contributed by atoms with E-state index in [2.05, 4.69) is 9.97 Å². The summed E-state index contributed by atoms with van der Waals surface area (Å²) in [7, 11) is 0. The fourth-order valence-corrected chi connectivity index (χ4v) is 2.50. The van der Waals surface area contributed by atoms with Gasteiger partial charge in [0.25, 0.3) is 0 Å². The molecular weight excluding hydrogens is 277 g/mol. The second kappa shape index (κ2) is 5.30. The van der Waals surface area contributed by atoms with E-state index in [0.29, 0.717) is 5.92 Å². The van der Waals surface area contributed by atoms with Crippen LogP contribution in [0.3, 0.4) is 0 Å². The maximum Gasteiger partial charge on any atom is 0.132 e. The molecule has 1 aliphatic carbocycles. The van der Waals surface area contributed by atoms with Gasteiger partial charge in [-0.2, -0.15) is 0 Å². The predicted molar refractivity (Wildman–Crippen MR) is 82.6 cm³/mol. The van der Waals surface area contributed by atoms with Crippen LogP contribution in [0.4, 0.5) is 4.39 Å². The molecule has 22 heavy (non-hydrogen) atoms. The van der Waals surface area contributed by atoms with E-state index in [1.165, 1.54) is 12.1 Å². The predicted octanol–water partition coefficient (Wildman–Crippen LogP) is 4.22. The van der Waals surface area contributed by atoms with Gasteiger partial charge in [0, 0.05) is 35.6 Å². The molecule has 0 atom stereocenters. The standard InChI is InChI=1S/C18H14FN3/c19-15-5-3-12(4-6-15)16-11-21-18(14-1-2-14)22-17(16)13-7-9-20-10-8-13/h3-11,14H,1-2H2. The Morgan fingerprint density at radius 1 is 0.909 bits per heavy atom. The van der Waals surface area contributed by atoms with Crippen molar-refractivity contribution in [1.82, 2.24) is 15.0 Å². The van der Waals surface area contributed by atoms with E-state index in [1.807, 2.05) is 18.3 Å². The largest absolute Gasteiger partial charge is 0.265 e. The number of halogens is 1. The van der Waals surface area contributed by atoms with Gasteiger partial charge in [0.2, 0.25) is 0 Å². The second-order valence-corrected chi connectivity index (χ2v) is 5.51. The molecule has 0 amide bonds. The molecule has 108 valence electrons. The van der Waals surface area contributed by atoms with Crippen molar-refractivity contribution in [2.75, 3.05) is 0 Å². The SMILES string of the molecule is Fc1ccc(-c2cnc(C3CC3)nc2-c2ccncc2)cc1. The zero-order valence-electron chi connectivity index (χ0n) is 11.9. The number of rotatable bonds is 3. The van der Waals surface area contributed by atoms with Crippen molar-refractivity contribution in [2.24, 2.45) is 0 Å². The number of hydrogen-bond acceptors (Lipinski definition) is 3. The minimum Gasteiger partial charge on any atom is -0.265 e. The maximum absolute atomic E-state index is 13.2. The fourth-order valence-electron chi connectivity index (χ4n) is 2.50. The van der Waals surface area contributed by atoms with Gasteiger partial charge < -0.3 is 0 Å². The van der Waals surface area contributed by atoms with Crippen LogP contribution < -0.4 is 0 Å². The lowest BCUT2D eigenvalue weighted by molar-refractivity contribution is 0.628. The summed E-state index contributed by atoms with van der Waals surface area (Å²) in [6, 6.07) is 10.3. The lowest BCUT2D eigenvalue weighted by atomic mass is 10.0. The van der Waals surface area contributed by atoms with Crippen LogP contribution in [0.5, 0.6) is 0 Å². The number of benzene rings is 1. The van der Waals surface area contributed by atoms with Crippen LogP contribution in [0.2, 0.25) is 0 Å². The topological polar surface area (TPSA) is 38.7 Å². The molecule has 1 saturated carbocycles. The molecule has 0 bridgehead atoms. The molecule has 1 aliphatic rings. The van der Waals surface area contributed by atoms with E-state index in [9.17, 15) is 4.39 Å². The quantitative estimate of drug-likeness (QED) is 0.725. The van der Waals surface area contributed by atoms with Crippen molar-refractivity contribution >= 4 is 0 Å². The van der Waals surface area contributed by atoms with Crippen LogP contribution in [0.1, 0.15) is 24.6 Å². The molecule has 0 N–H and O–H groups in total. The van der Waals surface area contributed by atoms with Crippen molar-refractivity contribution in [3.05, 3.63) is 66.6 Å². The summed E-state index contributed by atoms with van der Waals surface area (Å²) < 4.78 is 13.2. The Labute approximate surface area is 127 Å². The minimum atomic E-state index is -0.246. The van der Waals surface area contributed by atoms with E-state index >= 15 is 0 Å². The minimum absolute atomic E-state index is 0.246. The average Bonchev–Trinajstić information content (AvgIpc) is 3.41. The highest BCUT2D eigenvalue weighted by Crippen LogP contribution is 2.40. The normalized spacial score (nSPS) is 14.0. The Balaban J connectivity index is 1.88. The Bertz CT molecular complexity index is 796. The first-order chi connectivity index (χ1) is 10.8. The second-order valence-electron chi connectivity index (χ2n) is 5.51. The number of nitrogens with zero attached hydrogens (tertiary/aromatic N) is 3. The molecule has 3 aromatic rings. The Kier molecular flexibility index (Phi) is 3.15. The molecule has 2 heterocycles. The summed E-state index contributed by atoms with van der Waals surface area (Å²) in [4.78, 5) is 13.3. The first-order valence-corrected chi connectivity index (χ1v) is 7.34. The maximum atomic E-state index is 13.2. The lowest BCUT2D eigenvalue weighted by Gasteiger charge is -2.10. The fraction of sp³-hybridized carbons (Fsp3) is 0.167. The third-order valence-corrected chi connectivity index (χ3v) is 3.86. The first kappa shape index (κ1) is 13.1. The smallest absolute Gasteiger partial charge is 0.132 e. The molecule has 4 heteroatoms. The molecule has 0 radical (unpaired) electrons. The van der Waals surface area contributed by atoms with Gasteiger partial charge in [-0.3, -0.25) is 4.98 Å². The summed E-state index contributed by atoms with van der Waals surface area (Å²) in [5.41, 5.74) is 3.70. The number of aromatic nitrogens is 3. The van der Waals surface area contributed by atoms with E-state index < -0.39 is 0 Å². The van der Waals surface area contributed by atoms with E-state index in [-0.39, 0.29) is 5.82 Å². The number of hydrogen-bond donors (Lipinski definition) is 0. The van der Waals surface area contributed by atoms with Crippen LogP contribution in [0.15, 0.2) is 55.0 Å². The van der Waals surface area contributed by atoms with E-state index in [0.717, 1.165) is 41.1 Å². The summed E-state index contributed by atoms with van der Waals surface area (Å²) in [5.74, 6) is 1.14. The van der Waals surface area contributed by atoms with Gasteiger partial charge in [-0.25, -0.2) is 14.4 Å². The number of pyridine rings is 1. The van der Waals surface area contributed by atoms with Crippen LogP contribution in [0, 0.1) is 5.82 Å². The van der Waals surface area contributed by atoms with Gasteiger partial charge in [0.05, 0.1) is 5.69 Å². The van der Waals surface area contributed by atoms with E-state index in [1.54, 1.807) is 24.5 Å². The van der Waals surface area contributed by atoms with Gasteiger partial charge in [-0.05, 0) is 42.7 Å². The van der Waals surface area contributed by atoms with Gasteiger partial charge >= 0.3 is 0 Å². The van der Waals surface area contributed by atoms with Crippen molar-refractivity contribution in [2.45, 2.75) is 18.8 Å². The van der Waals surface area contributed by atoms with Gasteiger partial charge in [0.1, 0.15) is 11.6 Å². The van der Waals surface area contributed by atoms with Crippen LogP contribution in [0.25, 0.3) is 22.4 Å². The summed E-state index contributed by atoms with van der Waals surface area (Å²) >= 11 is 0. The average molecular weight is 291 g/mol. The Morgan fingerprint density at radius 2 is 1.64 bits per heavy atom. The summed E-state index contributed by atoms with van der Waals surface area (Å²) in [5, 5.41) is 0. The molecule has 4 rings (SSSR count). The van der Waals surface area contributed by atoms with Crippen LogP contribution >= 0.6 is 0 Å². The molecular formula is C18H14FN3. The van der Waals surface area contributed by atoms with Gasteiger partial charge in [-0.15, -0.1) is 0 Å². The highest BCUT2D eigenvalue weighted by molar-refractivity contribution is 5.79. The molecule has 0 saturated heterocycles. The molecule has 2 aromatic heterocycles. The van der Waals surface area contributed by atoms with Crippen LogP contribution in [-0.4, -0.2) is 15.0 Å². The molecule has 3 nitrogen and oxygen atoms in total. The zero-order chi connectivity index (χ0) is 14.9. The van der Waals surface area contributed by atoms with Crippen molar-refractivity contribution < 1.29 is 4.39 Å². The molecule has 0 spiro atoms. The third-order valence-electron chi connectivity index (χ3n) is 3.86.